The van der Waals surface area contributed by atoms with Crippen LogP contribution in [0.1, 0.15) is 13.8 Å². The molecule has 12 heavy (non-hydrogen) atoms. The topological polar surface area (TPSA) is 0 Å². The van der Waals surface area contributed by atoms with Gasteiger partial charge in [-0.15, -0.1) is 0 Å². The van der Waals surface area contributed by atoms with Gasteiger partial charge in [-0.2, -0.15) is 0 Å². The lowest BCUT2D eigenvalue weighted by molar-refractivity contribution is -0.883. The quantitative estimate of drug-likeness (QED) is 0.640. The van der Waals surface area contributed by atoms with E-state index in [1.165, 1.54) is 0 Å². The van der Waals surface area contributed by atoms with Crippen LogP contribution in [0.3, 0.4) is 0 Å². The van der Waals surface area contributed by atoms with Gasteiger partial charge in [0.25, 0.3) is 0 Å². The molecule has 0 rings (SSSR count). The van der Waals surface area contributed by atoms with E-state index >= 15 is 0 Å². The highest BCUT2D eigenvalue weighted by Gasteiger charge is 2.13. The molecule has 74 valence electrons. The van der Waals surface area contributed by atoms with Gasteiger partial charge >= 0.3 is 0 Å². The van der Waals surface area contributed by atoms with Gasteiger partial charge in [0.1, 0.15) is 6.54 Å². The van der Waals surface area contributed by atoms with Crippen LogP contribution in [0, 0.1) is 0 Å². The normalized spacial score (nSPS) is 13.5. The third kappa shape index (κ3) is 6.46. The van der Waals surface area contributed by atoms with Gasteiger partial charge in [0.05, 0.1) is 25.1 Å². The molecular formula is C8H16Br2ClN. The first kappa shape index (κ1) is 15.4. The fraction of sp³-hybridized carbons (Fsp3) is 0.750. The average molecular weight is 321 g/mol. The van der Waals surface area contributed by atoms with Crippen molar-refractivity contribution >= 4 is 27.5 Å². The minimum Gasteiger partial charge on any atom is -1.00 e. The Hall–Kier alpha value is 0.950. The number of hydrogen-bond donors (Lipinski definition) is 0. The van der Waals surface area contributed by atoms with E-state index in [-0.39, 0.29) is 17.0 Å². The second-order valence-corrected chi connectivity index (χ2v) is 4.87. The first-order valence-electron chi connectivity index (χ1n) is 3.72. The molecule has 0 spiro atoms. The van der Waals surface area contributed by atoms with E-state index in [4.69, 9.17) is 11.6 Å². The predicted octanol–water partition coefficient (Wildman–Crippen LogP) is -0.0481. The lowest BCUT2D eigenvalue weighted by Gasteiger charge is -2.28. The maximum absolute atomic E-state index is 5.81. The largest absolute Gasteiger partial charge is 1.00 e. The minimum absolute atomic E-state index is 0. The summed E-state index contributed by atoms with van der Waals surface area (Å²) >= 11 is 9.26. The number of rotatable bonds is 3. The predicted molar refractivity (Wildman–Crippen MR) is 55.0 cm³/mol. The zero-order chi connectivity index (χ0) is 9.07. The number of halogens is 3. The van der Waals surface area contributed by atoms with Crippen LogP contribution in [0.4, 0.5) is 0 Å². The molecule has 4 heteroatoms. The molecule has 0 radical (unpaired) electrons. The molecule has 0 atom stereocenters. The molecule has 0 bridgehead atoms. The van der Waals surface area contributed by atoms with Crippen LogP contribution in [0.15, 0.2) is 9.51 Å². The van der Waals surface area contributed by atoms with E-state index in [1.807, 2.05) is 6.92 Å². The van der Waals surface area contributed by atoms with E-state index in [0.29, 0.717) is 0 Å². The highest BCUT2D eigenvalue weighted by molar-refractivity contribution is 9.11. The van der Waals surface area contributed by atoms with Crippen LogP contribution in [-0.4, -0.2) is 31.7 Å². The zero-order valence-corrected chi connectivity index (χ0v) is 11.9. The SMILES string of the molecule is CC[N+](C)(C)C/C(Br)=C(/C)Cl.[Br-]. The summed E-state index contributed by atoms with van der Waals surface area (Å²) in [5.41, 5.74) is 0. The van der Waals surface area contributed by atoms with Crippen LogP contribution in [-0.2, 0) is 0 Å². The molecule has 0 aromatic rings. The number of likely N-dealkylation sites (N-methyl/N-ethyl adjacent to an activating group) is 1. The Morgan fingerprint density at radius 1 is 1.42 bits per heavy atom. The Balaban J connectivity index is 0. The van der Waals surface area contributed by atoms with Gasteiger partial charge in [-0.1, -0.05) is 11.6 Å². The van der Waals surface area contributed by atoms with Crippen molar-refractivity contribution in [3.05, 3.63) is 9.51 Å². The van der Waals surface area contributed by atoms with Crippen LogP contribution in [0.25, 0.3) is 0 Å². The molecule has 0 aliphatic rings. The number of allylic oxidation sites excluding steroid dienone is 1. The maximum atomic E-state index is 5.81. The molecule has 0 unspecified atom stereocenters. The van der Waals surface area contributed by atoms with Gasteiger partial charge < -0.3 is 21.5 Å². The second-order valence-electron chi connectivity index (χ2n) is 3.35. The third-order valence-corrected chi connectivity index (χ3v) is 3.10. The Morgan fingerprint density at radius 2 is 1.83 bits per heavy atom. The van der Waals surface area contributed by atoms with Crippen LogP contribution in [0.5, 0.6) is 0 Å². The zero-order valence-electron chi connectivity index (χ0n) is 8.00. The van der Waals surface area contributed by atoms with Gasteiger partial charge in [-0.3, -0.25) is 0 Å². The Kier molecular flexibility index (Phi) is 8.24. The molecule has 0 fully saturated rings. The molecular weight excluding hydrogens is 305 g/mol. The van der Waals surface area contributed by atoms with Crippen molar-refractivity contribution < 1.29 is 21.5 Å². The highest BCUT2D eigenvalue weighted by atomic mass is 79.9. The van der Waals surface area contributed by atoms with E-state index in [2.05, 4.69) is 36.9 Å². The fourth-order valence-corrected chi connectivity index (χ4v) is 1.34. The summed E-state index contributed by atoms with van der Waals surface area (Å²) in [7, 11) is 4.36. The summed E-state index contributed by atoms with van der Waals surface area (Å²) in [5.74, 6) is 0. The Bertz CT molecular complexity index is 162. The van der Waals surface area contributed by atoms with Crippen molar-refractivity contribution in [3.8, 4) is 0 Å². The maximum Gasteiger partial charge on any atom is 0.112 e. The summed E-state index contributed by atoms with van der Waals surface area (Å²) in [6.07, 6.45) is 0. The molecule has 0 heterocycles. The molecule has 0 aliphatic carbocycles. The Morgan fingerprint density at radius 3 is 2.08 bits per heavy atom. The van der Waals surface area contributed by atoms with Crippen molar-refractivity contribution in [1.82, 2.24) is 0 Å². The monoisotopic (exact) mass is 319 g/mol. The molecule has 1 nitrogen and oxygen atoms in total. The van der Waals surface area contributed by atoms with E-state index in [1.54, 1.807) is 0 Å². The second kappa shape index (κ2) is 6.41. The van der Waals surface area contributed by atoms with Gasteiger partial charge in [-0.05, 0) is 29.8 Å². The van der Waals surface area contributed by atoms with Crippen molar-refractivity contribution in [3.63, 3.8) is 0 Å². The van der Waals surface area contributed by atoms with Crippen LogP contribution in [0.2, 0.25) is 0 Å². The van der Waals surface area contributed by atoms with Gasteiger partial charge in [0.15, 0.2) is 0 Å². The lowest BCUT2D eigenvalue weighted by atomic mass is 10.4. The first-order chi connectivity index (χ1) is 4.89. The molecule has 0 saturated carbocycles. The standard InChI is InChI=1S/C8H16BrClN.BrH/c1-5-11(3,4)6-8(9)7(2)10;/h5-6H2,1-4H3;1H/q+1;/p-1/b8-7+;. The summed E-state index contributed by atoms with van der Waals surface area (Å²) in [5, 5.41) is 0.852. The lowest BCUT2D eigenvalue weighted by Crippen LogP contribution is -3.00. The van der Waals surface area contributed by atoms with Crippen LogP contribution >= 0.6 is 27.5 Å². The van der Waals surface area contributed by atoms with E-state index < -0.39 is 0 Å². The molecule has 0 aromatic heterocycles. The molecule has 0 aromatic carbocycles. The molecule has 0 amide bonds. The fourth-order valence-electron chi connectivity index (χ4n) is 0.597. The smallest absolute Gasteiger partial charge is 0.112 e. The van der Waals surface area contributed by atoms with Crippen molar-refractivity contribution in [1.29, 1.82) is 0 Å². The van der Waals surface area contributed by atoms with Crippen molar-refractivity contribution in [2.24, 2.45) is 0 Å². The Labute approximate surface area is 99.3 Å². The minimum atomic E-state index is 0. The van der Waals surface area contributed by atoms with Crippen molar-refractivity contribution in [2.45, 2.75) is 13.8 Å². The summed E-state index contributed by atoms with van der Waals surface area (Å²) in [4.78, 5) is 0. The van der Waals surface area contributed by atoms with E-state index in [0.717, 1.165) is 27.1 Å². The molecule has 0 aliphatic heterocycles. The van der Waals surface area contributed by atoms with E-state index in [9.17, 15) is 0 Å². The van der Waals surface area contributed by atoms with Gasteiger partial charge in [0.2, 0.25) is 0 Å². The molecule has 0 saturated heterocycles. The third-order valence-electron chi connectivity index (χ3n) is 1.80. The van der Waals surface area contributed by atoms with Gasteiger partial charge in [-0.25, -0.2) is 0 Å². The highest BCUT2D eigenvalue weighted by Crippen LogP contribution is 2.18. The molecule has 0 N–H and O–H groups in total. The first-order valence-corrected chi connectivity index (χ1v) is 4.89. The number of quaternary nitrogens is 1. The summed E-state index contributed by atoms with van der Waals surface area (Å²) < 4.78 is 2.07. The van der Waals surface area contributed by atoms with Crippen LogP contribution < -0.4 is 17.0 Å². The summed E-state index contributed by atoms with van der Waals surface area (Å²) in [6.45, 7) is 6.15. The number of nitrogens with zero attached hydrogens (tertiary/aromatic N) is 1. The van der Waals surface area contributed by atoms with Crippen molar-refractivity contribution in [2.75, 3.05) is 27.2 Å². The average Bonchev–Trinajstić information content (AvgIpc) is 1.87. The van der Waals surface area contributed by atoms with Gasteiger partial charge in [0, 0.05) is 5.03 Å². The summed E-state index contributed by atoms with van der Waals surface area (Å²) in [6, 6.07) is 0. The number of hydrogen-bond acceptors (Lipinski definition) is 0.